The first kappa shape index (κ1) is 25.2. The fraction of sp³-hybridized carbons (Fsp3) is 0.375. The number of nitrogens with one attached hydrogen (secondary N) is 2. The monoisotopic (exact) mass is 460 g/mol. The molecule has 0 heterocycles. The molecule has 0 aromatic heterocycles. The van der Waals surface area contributed by atoms with Gasteiger partial charge in [-0.2, -0.15) is 0 Å². The summed E-state index contributed by atoms with van der Waals surface area (Å²) in [5, 5.41) is 5.83. The van der Waals surface area contributed by atoms with Crippen LogP contribution in [0.15, 0.2) is 42.5 Å². The predicted molar refractivity (Wildman–Crippen MR) is 124 cm³/mol. The molecule has 0 saturated carbocycles. The molecule has 0 saturated heterocycles. The third-order valence-electron chi connectivity index (χ3n) is 4.73. The van der Waals surface area contributed by atoms with Gasteiger partial charge in [-0.3, -0.25) is 14.4 Å². The van der Waals surface area contributed by atoms with Crippen LogP contribution in [0.25, 0.3) is 0 Å². The number of anilines is 1. The van der Waals surface area contributed by atoms with Gasteiger partial charge in [0.15, 0.2) is 6.61 Å². The molecule has 2 aromatic carbocycles. The van der Waals surface area contributed by atoms with Crippen molar-refractivity contribution in [1.82, 2.24) is 5.32 Å². The molecule has 2 N–H and O–H groups in total. The standard InChI is InChI=1S/C24H29ClN2O5/c1-15(28)26-19(17-8-6-7-9-18(17)25)13-23(30)32-14-22(29)27-20-12-16(24(2,3)4)10-11-21(20)31-5/h6-12,19H,13-14H2,1-5H3,(H,26,28)(H,27,29). The van der Waals surface area contributed by atoms with E-state index in [1.54, 1.807) is 30.3 Å². The lowest BCUT2D eigenvalue weighted by Gasteiger charge is -2.21. The van der Waals surface area contributed by atoms with E-state index in [2.05, 4.69) is 31.4 Å². The molecule has 1 unspecified atom stereocenters. The fourth-order valence-electron chi connectivity index (χ4n) is 3.07. The van der Waals surface area contributed by atoms with Gasteiger partial charge in [-0.1, -0.05) is 56.6 Å². The van der Waals surface area contributed by atoms with Crippen molar-refractivity contribution in [3.8, 4) is 5.75 Å². The van der Waals surface area contributed by atoms with Crippen molar-refractivity contribution in [3.05, 3.63) is 58.6 Å². The van der Waals surface area contributed by atoms with Crippen LogP contribution in [0.3, 0.4) is 0 Å². The normalized spacial score (nSPS) is 11.9. The van der Waals surface area contributed by atoms with E-state index in [1.807, 2.05) is 12.1 Å². The lowest BCUT2D eigenvalue weighted by atomic mass is 9.87. The molecule has 2 amide bonds. The lowest BCUT2D eigenvalue weighted by molar-refractivity contribution is -0.148. The summed E-state index contributed by atoms with van der Waals surface area (Å²) in [5.74, 6) is -0.959. The van der Waals surface area contributed by atoms with E-state index in [0.717, 1.165) is 5.56 Å². The van der Waals surface area contributed by atoms with Crippen LogP contribution in [-0.4, -0.2) is 31.5 Å². The Morgan fingerprint density at radius 3 is 2.38 bits per heavy atom. The fourth-order valence-corrected chi connectivity index (χ4v) is 3.34. The molecule has 2 rings (SSSR count). The van der Waals surface area contributed by atoms with Crippen LogP contribution in [0.5, 0.6) is 5.75 Å². The van der Waals surface area contributed by atoms with Crippen LogP contribution in [-0.2, 0) is 24.5 Å². The van der Waals surface area contributed by atoms with Crippen molar-refractivity contribution in [3.63, 3.8) is 0 Å². The molecule has 0 spiro atoms. The van der Waals surface area contributed by atoms with Gasteiger partial charge in [0, 0.05) is 11.9 Å². The summed E-state index contributed by atoms with van der Waals surface area (Å²) in [6.45, 7) is 7.06. The zero-order valence-corrected chi connectivity index (χ0v) is 19.7. The largest absolute Gasteiger partial charge is 0.495 e. The van der Waals surface area contributed by atoms with Crippen molar-refractivity contribution in [2.75, 3.05) is 19.0 Å². The zero-order chi connectivity index (χ0) is 23.9. The number of esters is 1. The van der Waals surface area contributed by atoms with E-state index in [9.17, 15) is 14.4 Å². The molecule has 172 valence electrons. The van der Waals surface area contributed by atoms with E-state index in [0.29, 0.717) is 22.0 Å². The van der Waals surface area contributed by atoms with Crippen molar-refractivity contribution in [2.24, 2.45) is 0 Å². The van der Waals surface area contributed by atoms with Crippen LogP contribution in [0.2, 0.25) is 5.02 Å². The minimum absolute atomic E-state index is 0.115. The number of halogens is 1. The van der Waals surface area contributed by atoms with Crippen LogP contribution >= 0.6 is 11.6 Å². The molecular weight excluding hydrogens is 432 g/mol. The smallest absolute Gasteiger partial charge is 0.308 e. The van der Waals surface area contributed by atoms with E-state index >= 15 is 0 Å². The summed E-state index contributed by atoms with van der Waals surface area (Å²) in [7, 11) is 1.51. The molecule has 8 heteroatoms. The number of carbonyl (C=O) groups excluding carboxylic acids is 3. The van der Waals surface area contributed by atoms with Crippen LogP contribution in [0.1, 0.15) is 51.3 Å². The summed E-state index contributed by atoms with van der Waals surface area (Å²) >= 11 is 6.20. The Labute approximate surface area is 193 Å². The van der Waals surface area contributed by atoms with Gasteiger partial charge in [-0.05, 0) is 34.7 Å². The molecule has 0 aliphatic rings. The highest BCUT2D eigenvalue weighted by Gasteiger charge is 2.21. The van der Waals surface area contributed by atoms with Gasteiger partial charge in [0.25, 0.3) is 5.91 Å². The van der Waals surface area contributed by atoms with E-state index in [-0.39, 0.29) is 17.7 Å². The average Bonchev–Trinajstić information content (AvgIpc) is 2.71. The predicted octanol–water partition coefficient (Wildman–Crippen LogP) is 4.40. The Morgan fingerprint density at radius 2 is 1.78 bits per heavy atom. The number of amides is 2. The topological polar surface area (TPSA) is 93.7 Å². The summed E-state index contributed by atoms with van der Waals surface area (Å²) in [5.41, 5.74) is 1.99. The van der Waals surface area contributed by atoms with Crippen LogP contribution < -0.4 is 15.4 Å². The Hall–Kier alpha value is -3.06. The molecule has 0 fully saturated rings. The number of methoxy groups -OCH3 is 1. The number of benzene rings is 2. The second-order valence-electron chi connectivity index (χ2n) is 8.35. The maximum absolute atomic E-state index is 12.4. The summed E-state index contributed by atoms with van der Waals surface area (Å²) in [6, 6.07) is 11.8. The first-order chi connectivity index (χ1) is 15.0. The number of hydrogen-bond acceptors (Lipinski definition) is 5. The zero-order valence-electron chi connectivity index (χ0n) is 19.0. The molecule has 0 radical (unpaired) electrons. The van der Waals surface area contributed by atoms with E-state index < -0.39 is 24.5 Å². The highest BCUT2D eigenvalue weighted by Crippen LogP contribution is 2.31. The average molecular weight is 461 g/mol. The summed E-state index contributed by atoms with van der Waals surface area (Å²) in [6.07, 6.45) is -0.167. The van der Waals surface area contributed by atoms with Crippen LogP contribution in [0.4, 0.5) is 5.69 Å². The Bertz CT molecular complexity index is 985. The Morgan fingerprint density at radius 1 is 1.09 bits per heavy atom. The molecule has 0 bridgehead atoms. The SMILES string of the molecule is COc1ccc(C(C)(C)C)cc1NC(=O)COC(=O)CC(NC(C)=O)c1ccccc1Cl. The molecule has 1 atom stereocenters. The van der Waals surface area contributed by atoms with Crippen LogP contribution in [0, 0.1) is 0 Å². The van der Waals surface area contributed by atoms with E-state index in [4.69, 9.17) is 21.1 Å². The number of rotatable bonds is 8. The number of hydrogen-bond donors (Lipinski definition) is 2. The number of carbonyl (C=O) groups is 3. The Balaban J connectivity index is 2.02. The van der Waals surface area contributed by atoms with Gasteiger partial charge in [-0.15, -0.1) is 0 Å². The first-order valence-corrected chi connectivity index (χ1v) is 10.5. The van der Waals surface area contributed by atoms with Gasteiger partial charge in [0.05, 0.1) is 25.3 Å². The molecule has 7 nitrogen and oxygen atoms in total. The lowest BCUT2D eigenvalue weighted by Crippen LogP contribution is -2.30. The van der Waals surface area contributed by atoms with E-state index in [1.165, 1.54) is 14.0 Å². The first-order valence-electron chi connectivity index (χ1n) is 10.2. The van der Waals surface area contributed by atoms with Crippen molar-refractivity contribution in [1.29, 1.82) is 0 Å². The molecule has 0 aliphatic carbocycles. The van der Waals surface area contributed by atoms with Crippen molar-refractivity contribution < 1.29 is 23.9 Å². The van der Waals surface area contributed by atoms with Gasteiger partial charge in [0.1, 0.15) is 5.75 Å². The molecular formula is C24H29ClN2O5. The maximum Gasteiger partial charge on any atom is 0.308 e. The highest BCUT2D eigenvalue weighted by atomic mass is 35.5. The third kappa shape index (κ3) is 7.27. The van der Waals surface area contributed by atoms with Gasteiger partial charge in [0.2, 0.25) is 5.91 Å². The third-order valence-corrected chi connectivity index (χ3v) is 5.08. The molecule has 0 aliphatic heterocycles. The molecule has 2 aromatic rings. The van der Waals surface area contributed by atoms with Gasteiger partial charge < -0.3 is 20.1 Å². The van der Waals surface area contributed by atoms with Crippen molar-refractivity contribution in [2.45, 2.75) is 45.6 Å². The Kier molecular flexibility index (Phi) is 8.66. The summed E-state index contributed by atoms with van der Waals surface area (Å²) < 4.78 is 10.4. The van der Waals surface area contributed by atoms with Crippen molar-refractivity contribution >= 4 is 35.1 Å². The molecule has 32 heavy (non-hydrogen) atoms. The summed E-state index contributed by atoms with van der Waals surface area (Å²) in [4.78, 5) is 36.3. The minimum Gasteiger partial charge on any atom is -0.495 e. The second-order valence-corrected chi connectivity index (χ2v) is 8.76. The maximum atomic E-state index is 12.4. The van der Waals surface area contributed by atoms with Gasteiger partial charge >= 0.3 is 5.97 Å². The van der Waals surface area contributed by atoms with Gasteiger partial charge in [-0.25, -0.2) is 0 Å². The number of ether oxygens (including phenoxy) is 2. The second kappa shape index (κ2) is 11.0. The minimum atomic E-state index is -0.666. The highest BCUT2D eigenvalue weighted by molar-refractivity contribution is 6.31. The quantitative estimate of drug-likeness (QED) is 0.569.